The highest BCUT2D eigenvalue weighted by molar-refractivity contribution is 6.30. The highest BCUT2D eigenvalue weighted by Crippen LogP contribution is 2.26. The number of carbonyl (C=O) groups is 1. The molecule has 0 aliphatic carbocycles. The Morgan fingerprint density at radius 2 is 1.75 bits per heavy atom. The first-order chi connectivity index (χ1) is 13.7. The Bertz CT molecular complexity index is 724. The lowest BCUT2D eigenvalue weighted by Crippen LogP contribution is -2.48. The van der Waals surface area contributed by atoms with E-state index in [9.17, 15) is 4.79 Å². The molecule has 0 saturated carbocycles. The minimum Gasteiger partial charge on any atom is -0.309 e. The maximum atomic E-state index is 13.0. The molecule has 4 heteroatoms. The van der Waals surface area contributed by atoms with Crippen LogP contribution < -0.4 is 4.90 Å². The van der Waals surface area contributed by atoms with Crippen LogP contribution in [0.5, 0.6) is 0 Å². The number of likely N-dealkylation sites (tertiary alicyclic amines) is 1. The zero-order valence-corrected chi connectivity index (χ0v) is 17.6. The predicted octanol–water partition coefficient (Wildman–Crippen LogP) is 5.57. The molecule has 1 aliphatic heterocycles. The summed E-state index contributed by atoms with van der Waals surface area (Å²) in [5, 5.41) is 0.709. The van der Waals surface area contributed by atoms with Crippen molar-refractivity contribution in [1.82, 2.24) is 4.90 Å². The van der Waals surface area contributed by atoms with Gasteiger partial charge in [-0.1, -0.05) is 55.3 Å². The Morgan fingerprint density at radius 1 is 1.07 bits per heavy atom. The zero-order chi connectivity index (χ0) is 19.8. The molecule has 28 heavy (non-hydrogen) atoms. The molecular formula is C24H31ClN2O. The lowest BCUT2D eigenvalue weighted by atomic mass is 10.0. The molecule has 0 N–H and O–H groups in total. The summed E-state index contributed by atoms with van der Waals surface area (Å²) in [5.41, 5.74) is 2.37. The molecule has 0 spiro atoms. The maximum absolute atomic E-state index is 13.0. The van der Waals surface area contributed by atoms with Crippen molar-refractivity contribution in [3.05, 3.63) is 65.2 Å². The average Bonchev–Trinajstić information content (AvgIpc) is 2.74. The van der Waals surface area contributed by atoms with Gasteiger partial charge in [-0.15, -0.1) is 0 Å². The van der Waals surface area contributed by atoms with E-state index in [4.69, 9.17) is 11.6 Å². The Balaban J connectivity index is 1.60. The van der Waals surface area contributed by atoms with Crippen molar-refractivity contribution >= 4 is 23.2 Å². The molecule has 0 bridgehead atoms. The second-order valence-corrected chi connectivity index (χ2v) is 8.09. The van der Waals surface area contributed by atoms with E-state index in [1.807, 2.05) is 29.2 Å². The summed E-state index contributed by atoms with van der Waals surface area (Å²) in [6.45, 7) is 5.30. The van der Waals surface area contributed by atoms with Gasteiger partial charge in [0.05, 0.1) is 0 Å². The number of halogens is 1. The number of benzene rings is 2. The van der Waals surface area contributed by atoms with Gasteiger partial charge in [-0.2, -0.15) is 0 Å². The molecule has 3 rings (SSSR count). The monoisotopic (exact) mass is 398 g/mol. The second-order valence-electron chi connectivity index (χ2n) is 7.65. The van der Waals surface area contributed by atoms with Gasteiger partial charge in [-0.25, -0.2) is 0 Å². The van der Waals surface area contributed by atoms with Crippen LogP contribution in [0.15, 0.2) is 54.6 Å². The molecule has 1 amide bonds. The van der Waals surface area contributed by atoms with Crippen molar-refractivity contribution in [3.63, 3.8) is 0 Å². The number of carbonyl (C=O) groups excluding carboxylic acids is 1. The summed E-state index contributed by atoms with van der Waals surface area (Å²) in [4.78, 5) is 17.5. The van der Waals surface area contributed by atoms with Crippen LogP contribution in [0.1, 0.15) is 44.6 Å². The van der Waals surface area contributed by atoms with Crippen molar-refractivity contribution in [2.24, 2.45) is 0 Å². The van der Waals surface area contributed by atoms with E-state index >= 15 is 0 Å². The molecule has 0 radical (unpaired) electrons. The Labute approximate surface area is 174 Å². The number of rotatable bonds is 8. The van der Waals surface area contributed by atoms with Gasteiger partial charge in [-0.3, -0.25) is 4.79 Å². The van der Waals surface area contributed by atoms with Gasteiger partial charge in [0.2, 0.25) is 5.91 Å². The molecular weight excluding hydrogens is 368 g/mol. The summed E-state index contributed by atoms with van der Waals surface area (Å²) in [7, 11) is 0. The number of piperidine rings is 1. The van der Waals surface area contributed by atoms with Crippen molar-refractivity contribution in [2.45, 2.75) is 51.5 Å². The fourth-order valence-corrected chi connectivity index (χ4v) is 4.07. The van der Waals surface area contributed by atoms with E-state index in [2.05, 4.69) is 42.2 Å². The average molecular weight is 399 g/mol. The lowest BCUT2D eigenvalue weighted by molar-refractivity contribution is -0.119. The molecule has 0 unspecified atom stereocenters. The number of nitrogens with zero attached hydrogens (tertiary/aromatic N) is 2. The molecule has 1 saturated heterocycles. The number of amides is 1. The number of unbranched alkanes of at least 4 members (excludes halogenated alkanes) is 1. The molecule has 1 fully saturated rings. The summed E-state index contributed by atoms with van der Waals surface area (Å²) in [5.74, 6) is 0.243. The molecule has 3 nitrogen and oxygen atoms in total. The van der Waals surface area contributed by atoms with E-state index in [0.717, 1.165) is 57.4 Å². The fraction of sp³-hybridized carbons (Fsp3) is 0.458. The molecule has 0 atom stereocenters. The van der Waals surface area contributed by atoms with Gasteiger partial charge in [0, 0.05) is 42.8 Å². The van der Waals surface area contributed by atoms with E-state index in [0.29, 0.717) is 11.4 Å². The van der Waals surface area contributed by atoms with Gasteiger partial charge >= 0.3 is 0 Å². The zero-order valence-electron chi connectivity index (χ0n) is 16.8. The minimum atomic E-state index is 0.243. The quantitative estimate of drug-likeness (QED) is 0.580. The first kappa shape index (κ1) is 20.9. The van der Waals surface area contributed by atoms with Crippen molar-refractivity contribution in [1.29, 1.82) is 0 Å². The summed E-state index contributed by atoms with van der Waals surface area (Å²) in [6, 6.07) is 18.7. The molecule has 0 aromatic heterocycles. The lowest BCUT2D eigenvalue weighted by Gasteiger charge is -2.38. The van der Waals surface area contributed by atoms with Crippen molar-refractivity contribution < 1.29 is 4.79 Å². The van der Waals surface area contributed by atoms with Crippen LogP contribution in [0.2, 0.25) is 5.02 Å². The summed E-state index contributed by atoms with van der Waals surface area (Å²) < 4.78 is 0. The fourth-order valence-electron chi connectivity index (χ4n) is 3.94. The Morgan fingerprint density at radius 3 is 2.39 bits per heavy atom. The largest absolute Gasteiger partial charge is 0.309 e. The SMILES string of the molecule is CCCCC(=O)N(c1ccc(Cl)cc1)C1CCN(CCc2ccccc2)CC1. The Hall–Kier alpha value is -1.84. The smallest absolute Gasteiger partial charge is 0.227 e. The number of hydrogen-bond acceptors (Lipinski definition) is 2. The van der Waals surface area contributed by atoms with Crippen LogP contribution in [0.25, 0.3) is 0 Å². The summed E-state index contributed by atoms with van der Waals surface area (Å²) in [6.07, 6.45) is 5.73. The van der Waals surface area contributed by atoms with Crippen LogP contribution >= 0.6 is 11.6 Å². The summed E-state index contributed by atoms with van der Waals surface area (Å²) >= 11 is 6.06. The molecule has 150 valence electrons. The van der Waals surface area contributed by atoms with Crippen LogP contribution in [0.3, 0.4) is 0 Å². The van der Waals surface area contributed by atoms with E-state index in [1.54, 1.807) is 0 Å². The second kappa shape index (κ2) is 10.6. The first-order valence-corrected chi connectivity index (χ1v) is 10.9. The number of hydrogen-bond donors (Lipinski definition) is 0. The topological polar surface area (TPSA) is 23.6 Å². The highest BCUT2D eigenvalue weighted by Gasteiger charge is 2.28. The van der Waals surface area contributed by atoms with Gasteiger partial charge in [-0.05, 0) is 55.5 Å². The molecule has 2 aromatic rings. The third-order valence-corrected chi connectivity index (χ3v) is 5.85. The standard InChI is InChI=1S/C24H31ClN2O/c1-2-3-9-24(28)27(22-12-10-21(25)11-13-22)23-15-18-26(19-16-23)17-14-20-7-5-4-6-8-20/h4-8,10-13,23H,2-3,9,14-19H2,1H3. The van der Waals surface area contributed by atoms with Gasteiger partial charge in [0.25, 0.3) is 0 Å². The van der Waals surface area contributed by atoms with Gasteiger partial charge in [0.15, 0.2) is 0 Å². The van der Waals surface area contributed by atoms with Crippen LogP contribution in [0.4, 0.5) is 5.69 Å². The molecule has 1 heterocycles. The number of anilines is 1. The van der Waals surface area contributed by atoms with Crippen LogP contribution in [0, 0.1) is 0 Å². The highest BCUT2D eigenvalue weighted by atomic mass is 35.5. The normalized spacial score (nSPS) is 15.5. The van der Waals surface area contributed by atoms with E-state index in [-0.39, 0.29) is 11.9 Å². The van der Waals surface area contributed by atoms with Gasteiger partial charge in [0.1, 0.15) is 0 Å². The van der Waals surface area contributed by atoms with Crippen molar-refractivity contribution in [3.8, 4) is 0 Å². The molecule has 1 aliphatic rings. The third-order valence-electron chi connectivity index (χ3n) is 5.60. The van der Waals surface area contributed by atoms with Crippen LogP contribution in [-0.2, 0) is 11.2 Å². The third kappa shape index (κ3) is 5.83. The van der Waals surface area contributed by atoms with Crippen molar-refractivity contribution in [2.75, 3.05) is 24.5 Å². The van der Waals surface area contributed by atoms with E-state index in [1.165, 1.54) is 5.56 Å². The van der Waals surface area contributed by atoms with E-state index < -0.39 is 0 Å². The van der Waals surface area contributed by atoms with Gasteiger partial charge < -0.3 is 9.80 Å². The van der Waals surface area contributed by atoms with Crippen LogP contribution in [-0.4, -0.2) is 36.5 Å². The maximum Gasteiger partial charge on any atom is 0.227 e. The molecule has 2 aromatic carbocycles. The Kier molecular flexibility index (Phi) is 7.93. The predicted molar refractivity (Wildman–Crippen MR) is 118 cm³/mol. The first-order valence-electron chi connectivity index (χ1n) is 10.5. The minimum absolute atomic E-state index is 0.243.